The molecule has 1 fully saturated rings. The molecule has 1 saturated heterocycles. The van der Waals surface area contributed by atoms with Crippen molar-refractivity contribution in [2.24, 2.45) is 17.4 Å². The fraction of sp³-hybridized carbons (Fsp3) is 0.340. The molecule has 0 radical (unpaired) electrons. The molecule has 1 aliphatic heterocycles. The predicted octanol–water partition coefficient (Wildman–Crippen LogP) is 3.57. The van der Waals surface area contributed by atoms with Crippen molar-refractivity contribution in [1.82, 2.24) is 26.6 Å². The molecule has 0 spiro atoms. The second kappa shape index (κ2) is 21.1. The van der Waals surface area contributed by atoms with E-state index in [0.717, 1.165) is 38.2 Å². The average Bonchev–Trinajstić information content (AvgIpc) is 3.25. The number of piperidine rings is 1. The van der Waals surface area contributed by atoms with Gasteiger partial charge < -0.3 is 38.1 Å². The number of primary amides is 1. The van der Waals surface area contributed by atoms with Crippen molar-refractivity contribution in [1.29, 1.82) is 0 Å². The average molecular weight is 798 g/mol. The zero-order valence-corrected chi connectivity index (χ0v) is 33.3. The predicted molar refractivity (Wildman–Crippen MR) is 231 cm³/mol. The van der Waals surface area contributed by atoms with Crippen LogP contribution < -0.4 is 38.1 Å². The lowest BCUT2D eigenvalue weighted by Gasteiger charge is -2.28. The Morgan fingerprint density at radius 1 is 0.542 bits per heavy atom. The highest BCUT2D eigenvalue weighted by Gasteiger charge is 2.33. The second-order valence-corrected chi connectivity index (χ2v) is 15.4. The molecule has 59 heavy (non-hydrogen) atoms. The van der Waals surface area contributed by atoms with Gasteiger partial charge in [0, 0.05) is 25.2 Å². The van der Waals surface area contributed by atoms with Gasteiger partial charge in [-0.3, -0.25) is 24.0 Å². The Hall–Kier alpha value is -6.11. The summed E-state index contributed by atoms with van der Waals surface area (Å²) in [5, 5.41) is 19.0. The smallest absolute Gasteiger partial charge is 0.243 e. The standard InChI is InChI=1S/C47H55N7O5/c48-23-9-8-16-39(43(49)55)51-45(57)40(28-31-10-2-1-3-11-31)53-47(59)42(30-33-18-20-35-13-5-7-15-38(35)27-33)54-46(58)41(52-44(56)36-21-24-50-25-22-36)29-32-17-19-34-12-4-6-14-37(34)26-32/h1-7,10-15,17-20,26-27,36,39-42,50H,8-9,16,21-25,28-30,48H2,(H2,49,55)(H,51,57)(H,52,56)(H,53,59)(H,54,58)/t39-,40-,41?,42+/m0/s1. The molecule has 0 bridgehead atoms. The van der Waals surface area contributed by atoms with Crippen LogP contribution in [0.3, 0.4) is 0 Å². The van der Waals surface area contributed by atoms with Gasteiger partial charge in [-0.2, -0.15) is 0 Å². The van der Waals surface area contributed by atoms with Gasteiger partial charge in [0.2, 0.25) is 29.5 Å². The van der Waals surface area contributed by atoms with E-state index in [-0.39, 0.29) is 31.1 Å². The van der Waals surface area contributed by atoms with Crippen LogP contribution in [0.25, 0.3) is 21.5 Å². The number of fused-ring (bicyclic) bond motifs is 2. The van der Waals surface area contributed by atoms with E-state index in [1.54, 1.807) is 0 Å². The van der Waals surface area contributed by atoms with Crippen LogP contribution in [0.4, 0.5) is 0 Å². The molecule has 4 atom stereocenters. The zero-order valence-electron chi connectivity index (χ0n) is 33.3. The molecule has 5 amide bonds. The van der Waals surface area contributed by atoms with Crippen LogP contribution in [0.15, 0.2) is 115 Å². The molecule has 5 aromatic rings. The summed E-state index contributed by atoms with van der Waals surface area (Å²) in [5.74, 6) is -2.87. The molecule has 1 aliphatic rings. The first-order chi connectivity index (χ1) is 28.7. The monoisotopic (exact) mass is 797 g/mol. The number of unbranched alkanes of at least 4 members (excludes halogenated alkanes) is 1. The highest BCUT2D eigenvalue weighted by molar-refractivity contribution is 5.96. The van der Waals surface area contributed by atoms with Gasteiger partial charge in [0.05, 0.1) is 0 Å². The lowest BCUT2D eigenvalue weighted by atomic mass is 9.95. The third kappa shape index (κ3) is 12.2. The summed E-state index contributed by atoms with van der Waals surface area (Å²) in [4.78, 5) is 69.2. The van der Waals surface area contributed by atoms with Crippen LogP contribution in [0, 0.1) is 5.92 Å². The fourth-order valence-electron chi connectivity index (χ4n) is 7.65. The van der Waals surface area contributed by atoms with Gasteiger partial charge in [-0.25, -0.2) is 0 Å². The van der Waals surface area contributed by atoms with Crippen LogP contribution >= 0.6 is 0 Å². The minimum absolute atomic E-state index is 0.0933. The number of nitrogens with two attached hydrogens (primary N) is 2. The molecule has 1 unspecified atom stereocenters. The molecular formula is C47H55N7O5. The third-order valence-electron chi connectivity index (χ3n) is 11.0. The summed E-state index contributed by atoms with van der Waals surface area (Å²) >= 11 is 0. The Morgan fingerprint density at radius 2 is 1.00 bits per heavy atom. The molecule has 12 heteroatoms. The van der Waals surface area contributed by atoms with E-state index in [1.165, 1.54) is 0 Å². The maximum absolute atomic E-state index is 14.6. The molecule has 0 aliphatic carbocycles. The summed E-state index contributed by atoms with van der Waals surface area (Å²) < 4.78 is 0. The lowest BCUT2D eigenvalue weighted by Crippen LogP contribution is -2.59. The number of carbonyl (C=O) groups excluding carboxylic acids is 5. The van der Waals surface area contributed by atoms with Crippen molar-refractivity contribution in [2.45, 2.75) is 75.5 Å². The van der Waals surface area contributed by atoms with Crippen LogP contribution in [-0.2, 0) is 43.2 Å². The van der Waals surface area contributed by atoms with Crippen molar-refractivity contribution in [2.75, 3.05) is 19.6 Å². The van der Waals surface area contributed by atoms with Crippen molar-refractivity contribution in [3.8, 4) is 0 Å². The first kappa shape index (κ1) is 42.5. The first-order valence-electron chi connectivity index (χ1n) is 20.6. The molecular weight excluding hydrogens is 743 g/mol. The first-order valence-corrected chi connectivity index (χ1v) is 20.6. The number of benzene rings is 5. The topological polar surface area (TPSA) is 198 Å². The fourth-order valence-corrected chi connectivity index (χ4v) is 7.65. The van der Waals surface area contributed by atoms with Gasteiger partial charge >= 0.3 is 0 Å². The molecule has 12 nitrogen and oxygen atoms in total. The van der Waals surface area contributed by atoms with Crippen LogP contribution in [0.5, 0.6) is 0 Å². The van der Waals surface area contributed by atoms with E-state index in [9.17, 15) is 24.0 Å². The van der Waals surface area contributed by atoms with Crippen molar-refractivity contribution < 1.29 is 24.0 Å². The third-order valence-corrected chi connectivity index (χ3v) is 11.0. The molecule has 1 heterocycles. The number of hydrogen-bond acceptors (Lipinski definition) is 7. The van der Waals surface area contributed by atoms with Gasteiger partial charge in [0.15, 0.2) is 0 Å². The summed E-state index contributed by atoms with van der Waals surface area (Å²) in [6, 6.07) is 32.5. The van der Waals surface area contributed by atoms with Gasteiger partial charge in [0.1, 0.15) is 24.2 Å². The Labute approximate surface area is 345 Å². The van der Waals surface area contributed by atoms with Crippen molar-refractivity contribution >= 4 is 51.1 Å². The molecule has 6 rings (SSSR count). The van der Waals surface area contributed by atoms with Gasteiger partial charge in [-0.1, -0.05) is 115 Å². The maximum atomic E-state index is 14.6. The SMILES string of the molecule is NCCCC[C@H](NC(=O)[C@H](Cc1ccccc1)NC(=O)[C@@H](Cc1ccc2ccccc2c1)NC(=O)C(Cc1ccc2ccccc2c1)NC(=O)C1CCNCC1)C(N)=O. The number of amides is 5. The van der Waals surface area contributed by atoms with Gasteiger partial charge in [0.25, 0.3) is 0 Å². The lowest BCUT2D eigenvalue weighted by molar-refractivity contribution is -0.135. The number of carbonyl (C=O) groups is 5. The van der Waals surface area contributed by atoms with E-state index in [0.29, 0.717) is 51.7 Å². The molecule has 308 valence electrons. The molecule has 0 saturated carbocycles. The van der Waals surface area contributed by atoms with Crippen LogP contribution in [0.2, 0.25) is 0 Å². The second-order valence-electron chi connectivity index (χ2n) is 15.4. The van der Waals surface area contributed by atoms with E-state index in [1.807, 2.05) is 115 Å². The Kier molecular flexibility index (Phi) is 15.2. The minimum Gasteiger partial charge on any atom is -0.368 e. The summed E-state index contributed by atoms with van der Waals surface area (Å²) in [6.07, 6.45) is 3.22. The van der Waals surface area contributed by atoms with E-state index < -0.39 is 47.8 Å². The summed E-state index contributed by atoms with van der Waals surface area (Å²) in [7, 11) is 0. The Morgan fingerprint density at radius 3 is 1.51 bits per heavy atom. The van der Waals surface area contributed by atoms with E-state index >= 15 is 0 Å². The molecule has 5 aromatic carbocycles. The van der Waals surface area contributed by atoms with E-state index in [4.69, 9.17) is 11.5 Å². The largest absolute Gasteiger partial charge is 0.368 e. The zero-order chi connectivity index (χ0) is 41.6. The van der Waals surface area contributed by atoms with Crippen LogP contribution in [-0.4, -0.2) is 73.3 Å². The highest BCUT2D eigenvalue weighted by atomic mass is 16.2. The number of rotatable bonds is 19. The summed E-state index contributed by atoms with van der Waals surface area (Å²) in [5.41, 5.74) is 13.8. The molecule has 9 N–H and O–H groups in total. The normalized spacial score (nSPS) is 15.1. The van der Waals surface area contributed by atoms with Gasteiger partial charge in [-0.05, 0) is 90.0 Å². The molecule has 0 aromatic heterocycles. The highest BCUT2D eigenvalue weighted by Crippen LogP contribution is 2.20. The van der Waals surface area contributed by atoms with Gasteiger partial charge in [-0.15, -0.1) is 0 Å². The maximum Gasteiger partial charge on any atom is 0.243 e. The quantitative estimate of drug-likeness (QED) is 0.0620. The van der Waals surface area contributed by atoms with Crippen LogP contribution in [0.1, 0.15) is 48.8 Å². The Bertz CT molecular complexity index is 2230. The number of hydrogen-bond donors (Lipinski definition) is 7. The van der Waals surface area contributed by atoms with E-state index in [2.05, 4.69) is 26.6 Å². The Balaban J connectivity index is 1.29. The summed E-state index contributed by atoms with van der Waals surface area (Å²) in [6.45, 7) is 1.85. The van der Waals surface area contributed by atoms with Crippen molar-refractivity contribution in [3.63, 3.8) is 0 Å². The minimum atomic E-state index is -1.15. The van der Waals surface area contributed by atoms with Crippen molar-refractivity contribution in [3.05, 3.63) is 132 Å². The number of nitrogens with one attached hydrogen (secondary N) is 5.